The van der Waals surface area contributed by atoms with E-state index in [1.54, 1.807) is 13.1 Å². The number of carbonyl (C=O) groups is 1. The van der Waals surface area contributed by atoms with Gasteiger partial charge in [0.05, 0.1) is 0 Å². The molecule has 1 aromatic heterocycles. The van der Waals surface area contributed by atoms with Gasteiger partial charge in [-0.2, -0.15) is 0 Å². The third-order valence-corrected chi connectivity index (χ3v) is 2.90. The second-order valence-electron chi connectivity index (χ2n) is 4.43. The molecule has 1 saturated carbocycles. The van der Waals surface area contributed by atoms with Crippen LogP contribution >= 0.6 is 0 Å². The van der Waals surface area contributed by atoms with E-state index in [1.165, 1.54) is 0 Å². The average Bonchev–Trinajstić information content (AvgIpc) is 2.93. The Bertz CT molecular complexity index is 417. The summed E-state index contributed by atoms with van der Waals surface area (Å²) in [4.78, 5) is 16.1. The highest BCUT2D eigenvalue weighted by Gasteiger charge is 2.34. The monoisotopic (exact) mass is 219 g/mol. The maximum absolute atomic E-state index is 11.9. The fourth-order valence-corrected chi connectivity index (χ4v) is 1.70. The SMILES string of the molecule is CNc1cc(C(=O)NC2CC2C)cc(C)n1. The average molecular weight is 219 g/mol. The van der Waals surface area contributed by atoms with Crippen LogP contribution in [0.3, 0.4) is 0 Å². The van der Waals surface area contributed by atoms with Crippen LogP contribution in [0.25, 0.3) is 0 Å². The first kappa shape index (κ1) is 10.9. The summed E-state index contributed by atoms with van der Waals surface area (Å²) in [5, 5.41) is 5.95. The fraction of sp³-hybridized carbons (Fsp3) is 0.500. The Labute approximate surface area is 95.5 Å². The topological polar surface area (TPSA) is 54.0 Å². The van der Waals surface area contributed by atoms with E-state index in [2.05, 4.69) is 22.5 Å². The zero-order valence-corrected chi connectivity index (χ0v) is 9.87. The number of hydrogen-bond donors (Lipinski definition) is 2. The number of hydrogen-bond acceptors (Lipinski definition) is 3. The van der Waals surface area contributed by atoms with Crippen LogP contribution in [0.5, 0.6) is 0 Å². The molecule has 1 aliphatic carbocycles. The van der Waals surface area contributed by atoms with Crippen molar-refractivity contribution >= 4 is 11.7 Å². The Balaban J connectivity index is 2.12. The highest BCUT2D eigenvalue weighted by molar-refractivity contribution is 5.95. The first-order chi connectivity index (χ1) is 7.60. The van der Waals surface area contributed by atoms with Crippen molar-refractivity contribution in [3.05, 3.63) is 23.4 Å². The van der Waals surface area contributed by atoms with Gasteiger partial charge in [0.25, 0.3) is 5.91 Å². The standard InChI is InChI=1S/C12H17N3O/c1-7-4-10(7)15-12(16)9-5-8(2)14-11(6-9)13-3/h5-7,10H,4H2,1-3H3,(H,13,14)(H,15,16). The van der Waals surface area contributed by atoms with Gasteiger partial charge >= 0.3 is 0 Å². The van der Waals surface area contributed by atoms with Gasteiger partial charge in [0.15, 0.2) is 0 Å². The summed E-state index contributed by atoms with van der Waals surface area (Å²) >= 11 is 0. The van der Waals surface area contributed by atoms with E-state index in [0.29, 0.717) is 17.5 Å². The molecule has 2 unspecified atom stereocenters. The van der Waals surface area contributed by atoms with Gasteiger partial charge in [-0.3, -0.25) is 4.79 Å². The Morgan fingerprint density at radius 3 is 2.75 bits per heavy atom. The highest BCUT2D eigenvalue weighted by Crippen LogP contribution is 2.29. The Morgan fingerprint density at radius 2 is 2.19 bits per heavy atom. The molecule has 0 radical (unpaired) electrons. The zero-order valence-electron chi connectivity index (χ0n) is 9.87. The van der Waals surface area contributed by atoms with Gasteiger partial charge in [0.2, 0.25) is 0 Å². The Hall–Kier alpha value is -1.58. The molecule has 1 aliphatic rings. The lowest BCUT2D eigenvalue weighted by molar-refractivity contribution is 0.0949. The minimum Gasteiger partial charge on any atom is -0.373 e. The van der Waals surface area contributed by atoms with Gasteiger partial charge in [0.1, 0.15) is 5.82 Å². The predicted molar refractivity (Wildman–Crippen MR) is 63.6 cm³/mol. The molecule has 0 aromatic carbocycles. The molecule has 1 heterocycles. The number of amides is 1. The molecule has 2 atom stereocenters. The maximum atomic E-state index is 11.9. The Morgan fingerprint density at radius 1 is 1.50 bits per heavy atom. The number of nitrogens with zero attached hydrogens (tertiary/aromatic N) is 1. The Kier molecular flexibility index (Phi) is 2.81. The fourth-order valence-electron chi connectivity index (χ4n) is 1.70. The van der Waals surface area contributed by atoms with E-state index in [9.17, 15) is 4.79 Å². The van der Waals surface area contributed by atoms with Crippen molar-refractivity contribution in [2.24, 2.45) is 5.92 Å². The normalized spacial score (nSPS) is 22.7. The van der Waals surface area contributed by atoms with Crippen molar-refractivity contribution < 1.29 is 4.79 Å². The molecule has 86 valence electrons. The van der Waals surface area contributed by atoms with E-state index >= 15 is 0 Å². The first-order valence-electron chi connectivity index (χ1n) is 5.57. The molecule has 0 aliphatic heterocycles. The number of aromatic nitrogens is 1. The molecule has 2 rings (SSSR count). The van der Waals surface area contributed by atoms with Crippen molar-refractivity contribution in [2.75, 3.05) is 12.4 Å². The van der Waals surface area contributed by atoms with Gasteiger partial charge in [-0.15, -0.1) is 0 Å². The minimum atomic E-state index is -0.00338. The van der Waals surface area contributed by atoms with Crippen molar-refractivity contribution in [3.63, 3.8) is 0 Å². The van der Waals surface area contributed by atoms with Gasteiger partial charge in [-0.1, -0.05) is 6.92 Å². The van der Waals surface area contributed by atoms with Crippen LogP contribution in [0.1, 0.15) is 29.4 Å². The molecular formula is C12H17N3O. The third-order valence-electron chi connectivity index (χ3n) is 2.90. The van der Waals surface area contributed by atoms with Crippen molar-refractivity contribution in [1.82, 2.24) is 10.3 Å². The third kappa shape index (κ3) is 2.32. The molecule has 2 N–H and O–H groups in total. The number of carbonyl (C=O) groups excluding carboxylic acids is 1. The lowest BCUT2D eigenvalue weighted by Gasteiger charge is -2.07. The number of rotatable bonds is 3. The van der Waals surface area contributed by atoms with E-state index in [0.717, 1.165) is 17.9 Å². The summed E-state index contributed by atoms with van der Waals surface area (Å²) in [6, 6.07) is 3.94. The highest BCUT2D eigenvalue weighted by atomic mass is 16.1. The molecule has 1 amide bonds. The number of pyridine rings is 1. The van der Waals surface area contributed by atoms with E-state index in [4.69, 9.17) is 0 Å². The van der Waals surface area contributed by atoms with E-state index < -0.39 is 0 Å². The summed E-state index contributed by atoms with van der Waals surface area (Å²) in [5.41, 5.74) is 1.52. The lowest BCUT2D eigenvalue weighted by atomic mass is 10.2. The molecule has 4 heteroatoms. The van der Waals surface area contributed by atoms with Crippen molar-refractivity contribution in [2.45, 2.75) is 26.3 Å². The second kappa shape index (κ2) is 4.12. The molecule has 0 bridgehead atoms. The van der Waals surface area contributed by atoms with Crippen LogP contribution in [0.4, 0.5) is 5.82 Å². The summed E-state index contributed by atoms with van der Waals surface area (Å²) in [6.45, 7) is 4.03. The van der Waals surface area contributed by atoms with Crippen LogP contribution in [-0.4, -0.2) is 24.0 Å². The van der Waals surface area contributed by atoms with Crippen molar-refractivity contribution in [3.8, 4) is 0 Å². The zero-order chi connectivity index (χ0) is 11.7. The molecule has 0 saturated heterocycles. The van der Waals surface area contributed by atoms with Crippen LogP contribution in [0.15, 0.2) is 12.1 Å². The maximum Gasteiger partial charge on any atom is 0.251 e. The predicted octanol–water partition coefficient (Wildman–Crippen LogP) is 1.57. The van der Waals surface area contributed by atoms with Crippen molar-refractivity contribution in [1.29, 1.82) is 0 Å². The number of nitrogens with one attached hydrogen (secondary N) is 2. The summed E-state index contributed by atoms with van der Waals surface area (Å²) in [7, 11) is 1.80. The van der Waals surface area contributed by atoms with E-state index in [-0.39, 0.29) is 5.91 Å². The van der Waals surface area contributed by atoms with Gasteiger partial charge in [-0.05, 0) is 31.4 Å². The summed E-state index contributed by atoms with van der Waals surface area (Å²) in [5.74, 6) is 1.35. The van der Waals surface area contributed by atoms with Gasteiger partial charge in [0, 0.05) is 24.3 Å². The summed E-state index contributed by atoms with van der Waals surface area (Å²) in [6.07, 6.45) is 1.09. The second-order valence-corrected chi connectivity index (χ2v) is 4.43. The molecule has 1 aromatic rings. The van der Waals surface area contributed by atoms with Crippen LogP contribution in [0.2, 0.25) is 0 Å². The van der Waals surface area contributed by atoms with Gasteiger partial charge < -0.3 is 10.6 Å². The molecule has 16 heavy (non-hydrogen) atoms. The van der Waals surface area contributed by atoms with Crippen LogP contribution in [-0.2, 0) is 0 Å². The van der Waals surface area contributed by atoms with Crippen LogP contribution < -0.4 is 10.6 Å². The van der Waals surface area contributed by atoms with E-state index in [1.807, 2.05) is 13.0 Å². The van der Waals surface area contributed by atoms with Crippen LogP contribution in [0, 0.1) is 12.8 Å². The lowest BCUT2D eigenvalue weighted by Crippen LogP contribution is -2.26. The first-order valence-corrected chi connectivity index (χ1v) is 5.57. The number of anilines is 1. The minimum absolute atomic E-state index is 0.00338. The molecular weight excluding hydrogens is 202 g/mol. The molecule has 1 fully saturated rings. The van der Waals surface area contributed by atoms with Gasteiger partial charge in [-0.25, -0.2) is 4.98 Å². The quantitative estimate of drug-likeness (QED) is 0.811. The molecule has 4 nitrogen and oxygen atoms in total. The smallest absolute Gasteiger partial charge is 0.251 e. The molecule has 0 spiro atoms. The number of aryl methyl sites for hydroxylation is 1. The largest absolute Gasteiger partial charge is 0.373 e. The summed E-state index contributed by atoms with van der Waals surface area (Å²) < 4.78 is 0.